The molecule has 1 atom stereocenters. The van der Waals surface area contributed by atoms with Gasteiger partial charge in [0.2, 0.25) is 0 Å². The summed E-state index contributed by atoms with van der Waals surface area (Å²) >= 11 is 0. The van der Waals surface area contributed by atoms with Crippen LogP contribution in [-0.4, -0.2) is 37.0 Å². The average molecular weight is 171 g/mol. The monoisotopic (exact) mass is 171 g/mol. The van der Waals surface area contributed by atoms with Gasteiger partial charge in [0, 0.05) is 19.2 Å². The van der Waals surface area contributed by atoms with Crippen molar-refractivity contribution in [2.24, 2.45) is 5.92 Å². The summed E-state index contributed by atoms with van der Waals surface area (Å²) in [5.41, 5.74) is 0. The SMILES string of the molecule is OC1CC(NCC2CCOC2)C1. The molecule has 3 heteroatoms. The second kappa shape index (κ2) is 3.73. The van der Waals surface area contributed by atoms with E-state index in [2.05, 4.69) is 5.32 Å². The molecule has 2 aliphatic rings. The third-order valence-corrected chi connectivity index (χ3v) is 2.83. The van der Waals surface area contributed by atoms with Crippen molar-refractivity contribution in [2.45, 2.75) is 31.4 Å². The van der Waals surface area contributed by atoms with E-state index in [0.29, 0.717) is 12.0 Å². The molecule has 2 rings (SSSR count). The third-order valence-electron chi connectivity index (χ3n) is 2.83. The van der Waals surface area contributed by atoms with Gasteiger partial charge >= 0.3 is 0 Å². The first kappa shape index (κ1) is 8.48. The second-order valence-corrected chi connectivity index (χ2v) is 3.96. The minimum atomic E-state index is -0.0395. The van der Waals surface area contributed by atoms with E-state index in [-0.39, 0.29) is 6.10 Å². The van der Waals surface area contributed by atoms with Gasteiger partial charge in [-0.15, -0.1) is 0 Å². The van der Waals surface area contributed by atoms with Crippen LogP contribution in [0.15, 0.2) is 0 Å². The molecule has 1 aliphatic carbocycles. The minimum Gasteiger partial charge on any atom is -0.393 e. The lowest BCUT2D eigenvalue weighted by Crippen LogP contribution is -2.45. The third kappa shape index (κ3) is 1.97. The summed E-state index contributed by atoms with van der Waals surface area (Å²) in [6.45, 7) is 2.92. The molecule has 0 bridgehead atoms. The molecule has 1 heterocycles. The van der Waals surface area contributed by atoms with Crippen molar-refractivity contribution in [3.8, 4) is 0 Å². The smallest absolute Gasteiger partial charge is 0.0570 e. The second-order valence-electron chi connectivity index (χ2n) is 3.96. The molecule has 0 aromatic rings. The molecule has 0 amide bonds. The molecule has 0 radical (unpaired) electrons. The fourth-order valence-electron chi connectivity index (χ4n) is 1.83. The summed E-state index contributed by atoms with van der Waals surface area (Å²) in [6, 6.07) is 0.570. The van der Waals surface area contributed by atoms with E-state index in [1.807, 2.05) is 0 Å². The minimum absolute atomic E-state index is 0.0395. The molecule has 1 saturated carbocycles. The van der Waals surface area contributed by atoms with Gasteiger partial charge in [0.05, 0.1) is 12.7 Å². The zero-order valence-electron chi connectivity index (χ0n) is 7.33. The quantitative estimate of drug-likeness (QED) is 0.634. The predicted octanol–water partition coefficient (Wildman–Crippen LogP) is 0.136. The standard InChI is InChI=1S/C9H17NO2/c11-9-3-8(4-9)10-5-7-1-2-12-6-7/h7-11H,1-6H2. The van der Waals surface area contributed by atoms with Crippen molar-refractivity contribution in [2.75, 3.05) is 19.8 Å². The largest absolute Gasteiger partial charge is 0.393 e. The lowest BCUT2D eigenvalue weighted by molar-refractivity contribution is 0.0606. The van der Waals surface area contributed by atoms with Crippen LogP contribution in [0.1, 0.15) is 19.3 Å². The molecular weight excluding hydrogens is 154 g/mol. The van der Waals surface area contributed by atoms with E-state index in [9.17, 15) is 0 Å². The molecule has 0 aromatic carbocycles. The van der Waals surface area contributed by atoms with Crippen LogP contribution in [-0.2, 0) is 4.74 Å². The van der Waals surface area contributed by atoms with Gasteiger partial charge in [-0.25, -0.2) is 0 Å². The van der Waals surface area contributed by atoms with Gasteiger partial charge < -0.3 is 15.2 Å². The van der Waals surface area contributed by atoms with Crippen LogP contribution in [0.3, 0.4) is 0 Å². The fraction of sp³-hybridized carbons (Fsp3) is 1.00. The van der Waals surface area contributed by atoms with Crippen molar-refractivity contribution in [1.29, 1.82) is 0 Å². The van der Waals surface area contributed by atoms with Crippen LogP contribution >= 0.6 is 0 Å². The first-order chi connectivity index (χ1) is 5.84. The molecule has 1 aliphatic heterocycles. The van der Waals surface area contributed by atoms with Crippen LogP contribution in [0.4, 0.5) is 0 Å². The summed E-state index contributed by atoms with van der Waals surface area (Å²) in [5.74, 6) is 0.711. The molecule has 1 unspecified atom stereocenters. The Morgan fingerprint density at radius 3 is 2.83 bits per heavy atom. The number of aliphatic hydroxyl groups is 1. The number of rotatable bonds is 3. The molecule has 12 heavy (non-hydrogen) atoms. The average Bonchev–Trinajstić information content (AvgIpc) is 2.47. The maximum absolute atomic E-state index is 9.05. The van der Waals surface area contributed by atoms with Crippen molar-refractivity contribution in [1.82, 2.24) is 5.32 Å². The lowest BCUT2D eigenvalue weighted by Gasteiger charge is -2.32. The highest BCUT2D eigenvalue weighted by molar-refractivity contribution is 4.85. The lowest BCUT2D eigenvalue weighted by atomic mass is 9.89. The summed E-state index contributed by atoms with van der Waals surface area (Å²) in [4.78, 5) is 0. The van der Waals surface area contributed by atoms with Gasteiger partial charge in [-0.05, 0) is 25.2 Å². The van der Waals surface area contributed by atoms with Crippen LogP contribution < -0.4 is 5.32 Å². The Balaban J connectivity index is 1.56. The van der Waals surface area contributed by atoms with Crippen LogP contribution in [0, 0.1) is 5.92 Å². The van der Waals surface area contributed by atoms with E-state index in [4.69, 9.17) is 9.84 Å². The Morgan fingerprint density at radius 2 is 2.25 bits per heavy atom. The Kier molecular flexibility index (Phi) is 2.63. The van der Waals surface area contributed by atoms with Crippen molar-refractivity contribution in [3.63, 3.8) is 0 Å². The Morgan fingerprint density at radius 1 is 1.42 bits per heavy atom. The maximum Gasteiger partial charge on any atom is 0.0570 e. The maximum atomic E-state index is 9.05. The molecule has 3 nitrogen and oxygen atoms in total. The molecule has 0 spiro atoms. The van der Waals surface area contributed by atoms with Crippen LogP contribution in [0.25, 0.3) is 0 Å². The van der Waals surface area contributed by atoms with Crippen LogP contribution in [0.2, 0.25) is 0 Å². The van der Waals surface area contributed by atoms with Crippen molar-refractivity contribution >= 4 is 0 Å². The molecule has 0 aromatic heterocycles. The van der Waals surface area contributed by atoms with E-state index in [1.165, 1.54) is 6.42 Å². The summed E-state index contributed by atoms with van der Waals surface area (Å²) < 4.78 is 5.27. The number of hydrogen-bond donors (Lipinski definition) is 2. The van der Waals surface area contributed by atoms with E-state index < -0.39 is 0 Å². The first-order valence-corrected chi connectivity index (χ1v) is 4.84. The molecular formula is C9H17NO2. The summed E-state index contributed by atoms with van der Waals surface area (Å²) in [5, 5.41) is 12.5. The highest BCUT2D eigenvalue weighted by atomic mass is 16.5. The van der Waals surface area contributed by atoms with E-state index >= 15 is 0 Å². The highest BCUT2D eigenvalue weighted by Gasteiger charge is 2.27. The zero-order chi connectivity index (χ0) is 8.39. The van der Waals surface area contributed by atoms with Gasteiger partial charge in [-0.2, -0.15) is 0 Å². The van der Waals surface area contributed by atoms with E-state index in [0.717, 1.165) is 32.6 Å². The number of nitrogens with one attached hydrogen (secondary N) is 1. The molecule has 2 fully saturated rings. The van der Waals surface area contributed by atoms with Crippen LogP contribution in [0.5, 0.6) is 0 Å². The van der Waals surface area contributed by atoms with Crippen molar-refractivity contribution < 1.29 is 9.84 Å². The topological polar surface area (TPSA) is 41.5 Å². The fourth-order valence-corrected chi connectivity index (χ4v) is 1.83. The Labute approximate surface area is 73.1 Å². The summed E-state index contributed by atoms with van der Waals surface area (Å²) in [7, 11) is 0. The van der Waals surface area contributed by atoms with Gasteiger partial charge in [0.1, 0.15) is 0 Å². The van der Waals surface area contributed by atoms with Gasteiger partial charge in [0.25, 0.3) is 0 Å². The molecule has 70 valence electrons. The Hall–Kier alpha value is -0.120. The van der Waals surface area contributed by atoms with Gasteiger partial charge in [0.15, 0.2) is 0 Å². The number of hydrogen-bond acceptors (Lipinski definition) is 3. The normalized spacial score (nSPS) is 41.2. The predicted molar refractivity (Wildman–Crippen MR) is 46.0 cm³/mol. The van der Waals surface area contributed by atoms with Crippen molar-refractivity contribution in [3.05, 3.63) is 0 Å². The highest BCUT2D eigenvalue weighted by Crippen LogP contribution is 2.20. The first-order valence-electron chi connectivity index (χ1n) is 4.84. The number of aliphatic hydroxyl groups excluding tert-OH is 1. The molecule has 2 N–H and O–H groups in total. The zero-order valence-corrected chi connectivity index (χ0v) is 7.33. The summed E-state index contributed by atoms with van der Waals surface area (Å²) in [6.07, 6.45) is 3.03. The Bertz CT molecular complexity index is 139. The molecule has 1 saturated heterocycles. The van der Waals surface area contributed by atoms with E-state index in [1.54, 1.807) is 0 Å². The number of ether oxygens (including phenoxy) is 1. The van der Waals surface area contributed by atoms with Gasteiger partial charge in [-0.3, -0.25) is 0 Å². The van der Waals surface area contributed by atoms with Gasteiger partial charge in [-0.1, -0.05) is 0 Å².